The molecule has 0 saturated heterocycles. The summed E-state index contributed by atoms with van der Waals surface area (Å²) in [5, 5.41) is 6.35. The van der Waals surface area contributed by atoms with Crippen LogP contribution < -0.4 is 0 Å². The van der Waals surface area contributed by atoms with Crippen molar-refractivity contribution in [2.75, 3.05) is 0 Å². The quantitative estimate of drug-likeness (QED) is 0.168. The molecule has 0 heterocycles. The van der Waals surface area contributed by atoms with Gasteiger partial charge in [-0.3, -0.25) is 0 Å². The fraction of sp³-hybridized carbons (Fsp3) is 0. The Morgan fingerprint density at radius 1 is 0.342 bits per heavy atom. The maximum absolute atomic E-state index is 9.33. The van der Waals surface area contributed by atoms with Gasteiger partial charge >= 0.3 is 0 Å². The summed E-state index contributed by atoms with van der Waals surface area (Å²) in [5.74, 6) is 0. The van der Waals surface area contributed by atoms with E-state index in [-0.39, 0.29) is 45.7 Å². The maximum atomic E-state index is 9.33. The Labute approximate surface area is 232 Å². The molecule has 0 aliphatic carbocycles. The van der Waals surface area contributed by atoms with Crippen LogP contribution in [-0.2, 0) is 0 Å². The molecule has 0 aromatic heterocycles. The zero-order chi connectivity index (χ0) is 32.0. The van der Waals surface area contributed by atoms with E-state index in [0.717, 1.165) is 32.3 Å². The summed E-state index contributed by atoms with van der Waals surface area (Å²) >= 11 is 0. The van der Waals surface area contributed by atoms with Crippen LogP contribution >= 0.6 is 0 Å². The van der Waals surface area contributed by atoms with Gasteiger partial charge in [-0.1, -0.05) is 139 Å². The summed E-state index contributed by atoms with van der Waals surface area (Å²) in [6.07, 6.45) is 0. The van der Waals surface area contributed by atoms with E-state index in [1.54, 1.807) is 12.1 Å². The van der Waals surface area contributed by atoms with Crippen LogP contribution in [0.5, 0.6) is 0 Å². The molecule has 0 aliphatic rings. The zero-order valence-corrected chi connectivity index (χ0v) is 20.2. The van der Waals surface area contributed by atoms with Gasteiger partial charge in [-0.25, -0.2) is 0 Å². The van der Waals surface area contributed by atoms with Crippen molar-refractivity contribution < 1.29 is 11.0 Å². The van der Waals surface area contributed by atoms with Crippen molar-refractivity contribution >= 4 is 53.9 Å². The van der Waals surface area contributed by atoms with E-state index in [1.807, 2.05) is 78.9 Å². The Hall–Kier alpha value is -4.94. The molecule has 0 radical (unpaired) electrons. The van der Waals surface area contributed by atoms with Crippen molar-refractivity contribution in [1.82, 2.24) is 0 Å². The van der Waals surface area contributed by atoms with Gasteiger partial charge in [-0.05, 0) is 82.2 Å². The van der Waals surface area contributed by atoms with Gasteiger partial charge in [-0.2, -0.15) is 0 Å². The zero-order valence-electron chi connectivity index (χ0n) is 28.2. The number of benzene rings is 8. The van der Waals surface area contributed by atoms with Gasteiger partial charge in [0, 0.05) is 0 Å². The third-order valence-corrected chi connectivity index (χ3v) is 7.46. The molecule has 176 valence electrons. The summed E-state index contributed by atoms with van der Waals surface area (Å²) in [6.45, 7) is 0. The summed E-state index contributed by atoms with van der Waals surface area (Å²) in [4.78, 5) is 0. The van der Waals surface area contributed by atoms with Crippen LogP contribution in [0, 0.1) is 0 Å². The molecule has 0 heteroatoms. The number of fused-ring (bicyclic) bond motifs is 6. The first-order valence-corrected chi connectivity index (χ1v) is 12.6. The van der Waals surface area contributed by atoms with Crippen molar-refractivity contribution in [3.63, 3.8) is 0 Å². The van der Waals surface area contributed by atoms with Gasteiger partial charge < -0.3 is 0 Å². The van der Waals surface area contributed by atoms with E-state index < -0.39 is 24.2 Å². The summed E-state index contributed by atoms with van der Waals surface area (Å²) in [5.41, 5.74) is 1.96. The monoisotopic (exact) mass is 488 g/mol. The molecular formula is C38H24. The Bertz CT molecular complexity index is 2530. The maximum Gasteiger partial charge on any atom is 0.0629 e. The minimum absolute atomic E-state index is 0.214. The van der Waals surface area contributed by atoms with Crippen LogP contribution in [0.2, 0.25) is 0 Å². The van der Waals surface area contributed by atoms with Crippen LogP contribution in [0.3, 0.4) is 0 Å². The van der Waals surface area contributed by atoms with Crippen LogP contribution in [-0.4, -0.2) is 0 Å². The van der Waals surface area contributed by atoms with Crippen molar-refractivity contribution in [2.24, 2.45) is 0 Å². The molecule has 0 nitrogen and oxygen atoms in total. The Kier molecular flexibility index (Phi) is 3.21. The first kappa shape index (κ1) is 14.7. The van der Waals surface area contributed by atoms with Crippen molar-refractivity contribution in [3.8, 4) is 22.3 Å². The summed E-state index contributed by atoms with van der Waals surface area (Å²) in [7, 11) is 0. The molecule has 0 saturated carbocycles. The second-order valence-electron chi connectivity index (χ2n) is 9.47. The molecule has 0 bridgehead atoms. The van der Waals surface area contributed by atoms with Gasteiger partial charge in [-0.15, -0.1) is 0 Å². The lowest BCUT2D eigenvalue weighted by atomic mass is 9.82. The van der Waals surface area contributed by atoms with Crippen LogP contribution in [0.1, 0.15) is 11.0 Å². The highest BCUT2D eigenvalue weighted by Gasteiger charge is 2.20. The minimum atomic E-state index is -0.409. The molecule has 0 N–H and O–H groups in total. The molecule has 8 aromatic carbocycles. The molecule has 0 amide bonds. The van der Waals surface area contributed by atoms with Crippen LogP contribution in [0.15, 0.2) is 145 Å². The highest BCUT2D eigenvalue weighted by Crippen LogP contribution is 2.48. The minimum Gasteiger partial charge on any atom is -0.0622 e. The predicted molar refractivity (Wildman–Crippen MR) is 165 cm³/mol. The number of hydrogen-bond acceptors (Lipinski definition) is 0. The third-order valence-electron chi connectivity index (χ3n) is 7.46. The second kappa shape index (κ2) is 8.30. The molecule has 0 aliphatic heterocycles. The van der Waals surface area contributed by atoms with Gasteiger partial charge in [0.2, 0.25) is 0 Å². The van der Waals surface area contributed by atoms with Crippen molar-refractivity contribution in [2.45, 2.75) is 0 Å². The van der Waals surface area contributed by atoms with Gasteiger partial charge in [0.25, 0.3) is 0 Å². The van der Waals surface area contributed by atoms with E-state index in [9.17, 15) is 5.48 Å². The van der Waals surface area contributed by atoms with E-state index in [0.29, 0.717) is 22.3 Å². The lowest BCUT2D eigenvalue weighted by Gasteiger charge is -2.20. The molecule has 8 rings (SSSR count). The van der Waals surface area contributed by atoms with Gasteiger partial charge in [0.15, 0.2) is 0 Å². The second-order valence-corrected chi connectivity index (χ2v) is 9.47. The van der Waals surface area contributed by atoms with Gasteiger partial charge in [0.05, 0.1) is 11.0 Å². The average Bonchev–Trinajstić information content (AvgIpc) is 3.09. The molecule has 0 unspecified atom stereocenters. The molecular weight excluding hydrogens is 456 g/mol. The Morgan fingerprint density at radius 2 is 0.868 bits per heavy atom. The van der Waals surface area contributed by atoms with Crippen molar-refractivity contribution in [1.29, 1.82) is 0 Å². The molecule has 8 aromatic rings. The highest BCUT2D eigenvalue weighted by atomic mass is 14.2. The van der Waals surface area contributed by atoms with Crippen LogP contribution in [0.4, 0.5) is 0 Å². The summed E-state index contributed by atoms with van der Waals surface area (Å²) < 4.78 is 72.0. The smallest absolute Gasteiger partial charge is 0.0622 e. The highest BCUT2D eigenvalue weighted by molar-refractivity contribution is 6.29. The normalized spacial score (nSPS) is 14.6. The molecule has 0 atom stereocenters. The third kappa shape index (κ3) is 3.04. The first-order chi connectivity index (χ1) is 22.2. The topological polar surface area (TPSA) is 0 Å². The Balaban J connectivity index is 1.79. The first-order valence-electron chi connectivity index (χ1n) is 16.6. The van der Waals surface area contributed by atoms with E-state index in [2.05, 4.69) is 6.07 Å². The summed E-state index contributed by atoms with van der Waals surface area (Å²) in [6, 6.07) is 28.3. The fourth-order valence-electron chi connectivity index (χ4n) is 5.86. The van der Waals surface area contributed by atoms with E-state index in [1.165, 1.54) is 0 Å². The number of rotatable bonds is 2. The predicted octanol–water partition coefficient (Wildman–Crippen LogP) is 10.8. The standard InChI is InChI=1S/C38H24/c1-2-13-26(14-3-1)36-30-18-8-10-20-32(30)38(33-21-11-9-19-31(33)36)37-29-17-7-5-15-27(29)24-35-28-16-6-4-12-25(28)22-23-34(35)37/h1-24H/i8D,9D,10D,11D,18D,19D,20D,21D. The fourth-order valence-corrected chi connectivity index (χ4v) is 5.86. The molecule has 38 heavy (non-hydrogen) atoms. The average molecular weight is 489 g/mol. The molecule has 0 spiro atoms. The van der Waals surface area contributed by atoms with E-state index >= 15 is 0 Å². The lowest BCUT2D eigenvalue weighted by molar-refractivity contribution is 1.67. The van der Waals surface area contributed by atoms with E-state index in [4.69, 9.17) is 5.48 Å². The SMILES string of the molecule is [2H]c1c([2H])c([2H])c2c(-c3c4ccccc4cc4c3ccc3ccccc34)c3c([2H])c([2H])c([2H])c([2H])c3c(-c3ccccc3)c2c1[2H]. The lowest BCUT2D eigenvalue weighted by Crippen LogP contribution is -1.93. The van der Waals surface area contributed by atoms with Gasteiger partial charge in [0.1, 0.15) is 0 Å². The number of hydrogen-bond donors (Lipinski definition) is 0. The van der Waals surface area contributed by atoms with Crippen molar-refractivity contribution in [3.05, 3.63) is 145 Å². The largest absolute Gasteiger partial charge is 0.0629 e. The van der Waals surface area contributed by atoms with Crippen LogP contribution in [0.25, 0.3) is 76.1 Å². The Morgan fingerprint density at radius 3 is 1.55 bits per heavy atom. The molecule has 0 fully saturated rings.